The van der Waals surface area contributed by atoms with Crippen molar-refractivity contribution in [3.63, 3.8) is 0 Å². The van der Waals surface area contributed by atoms with Crippen molar-refractivity contribution in [2.24, 2.45) is 0 Å². The summed E-state index contributed by atoms with van der Waals surface area (Å²) in [6.07, 6.45) is 1.81. The molecule has 0 spiro atoms. The molecular weight excluding hydrogens is 452 g/mol. The summed E-state index contributed by atoms with van der Waals surface area (Å²) in [4.78, 5) is 15.6. The summed E-state index contributed by atoms with van der Waals surface area (Å²) in [6, 6.07) is 25.6. The van der Waals surface area contributed by atoms with Crippen LogP contribution in [0.4, 0.5) is 0 Å². The van der Waals surface area contributed by atoms with Crippen molar-refractivity contribution in [2.45, 2.75) is 12.6 Å². The second-order valence-electron chi connectivity index (χ2n) is 8.77. The van der Waals surface area contributed by atoms with Gasteiger partial charge in [0.2, 0.25) is 0 Å². The molecule has 1 N–H and O–H groups in total. The van der Waals surface area contributed by atoms with Crippen molar-refractivity contribution in [3.8, 4) is 22.8 Å². The fourth-order valence-electron chi connectivity index (χ4n) is 4.15. The smallest absolute Gasteiger partial charge is 0.255 e. The molecule has 7 heteroatoms. The quantitative estimate of drug-likeness (QED) is 0.355. The second-order valence-corrected chi connectivity index (χ2v) is 8.77. The van der Waals surface area contributed by atoms with Crippen LogP contribution in [0.3, 0.4) is 0 Å². The maximum atomic E-state index is 13.5. The Hall–Kier alpha value is -4.10. The summed E-state index contributed by atoms with van der Waals surface area (Å²) < 4.78 is 12.6. The second kappa shape index (κ2) is 11.6. The third-order valence-corrected chi connectivity index (χ3v) is 6.09. The average molecular weight is 485 g/mol. The number of methoxy groups -OCH3 is 2. The van der Waals surface area contributed by atoms with Gasteiger partial charge in [-0.25, -0.2) is 0 Å². The number of ether oxygens (including phenoxy) is 2. The van der Waals surface area contributed by atoms with Crippen LogP contribution in [0.5, 0.6) is 11.5 Å². The number of amides is 1. The highest BCUT2D eigenvalue weighted by Crippen LogP contribution is 2.27. The van der Waals surface area contributed by atoms with Crippen molar-refractivity contribution in [3.05, 3.63) is 102 Å². The van der Waals surface area contributed by atoms with Crippen molar-refractivity contribution in [1.82, 2.24) is 20.0 Å². The van der Waals surface area contributed by atoms with Gasteiger partial charge in [0.25, 0.3) is 5.91 Å². The van der Waals surface area contributed by atoms with Crippen LogP contribution in [-0.4, -0.2) is 55.4 Å². The zero-order chi connectivity index (χ0) is 25.5. The summed E-state index contributed by atoms with van der Waals surface area (Å²) in [7, 11) is 7.27. The molecule has 7 nitrogen and oxygen atoms in total. The van der Waals surface area contributed by atoms with Gasteiger partial charge in [-0.15, -0.1) is 0 Å². The number of likely N-dealkylation sites (N-methyl/N-ethyl adjacent to an activating group) is 1. The monoisotopic (exact) mass is 484 g/mol. The highest BCUT2D eigenvalue weighted by Gasteiger charge is 2.21. The first-order valence-corrected chi connectivity index (χ1v) is 11.8. The van der Waals surface area contributed by atoms with Gasteiger partial charge in [-0.1, -0.05) is 54.6 Å². The van der Waals surface area contributed by atoms with E-state index in [9.17, 15) is 4.79 Å². The number of hydrogen-bond acceptors (Lipinski definition) is 5. The Bertz CT molecular complexity index is 1300. The Balaban J connectivity index is 1.62. The van der Waals surface area contributed by atoms with Crippen LogP contribution < -0.4 is 14.8 Å². The van der Waals surface area contributed by atoms with Crippen molar-refractivity contribution in [1.29, 1.82) is 0 Å². The van der Waals surface area contributed by atoms with Gasteiger partial charge < -0.3 is 19.7 Å². The van der Waals surface area contributed by atoms with Crippen molar-refractivity contribution >= 4 is 5.91 Å². The van der Waals surface area contributed by atoms with E-state index in [4.69, 9.17) is 14.6 Å². The highest BCUT2D eigenvalue weighted by molar-refractivity contribution is 5.99. The summed E-state index contributed by atoms with van der Waals surface area (Å²) in [6.45, 7) is 0.996. The third-order valence-electron chi connectivity index (χ3n) is 6.09. The standard InChI is InChI=1S/C29H32N4O3/c1-32(2)27(22-12-8-14-24(16-22)35-3)18-30-29(34)26-20-33(19-21-10-6-5-7-11-21)31-28(26)23-13-9-15-25(17-23)36-4/h5-17,20,27H,18-19H2,1-4H3,(H,30,34)/t27-/m1/s1. The molecule has 1 heterocycles. The summed E-state index contributed by atoms with van der Waals surface area (Å²) >= 11 is 0. The molecule has 4 rings (SSSR count). The van der Waals surface area contributed by atoms with E-state index >= 15 is 0 Å². The summed E-state index contributed by atoms with van der Waals surface area (Å²) in [5.41, 5.74) is 4.12. The van der Waals surface area contributed by atoms with Crippen LogP contribution in [0.2, 0.25) is 0 Å². The van der Waals surface area contributed by atoms with Gasteiger partial charge in [-0.3, -0.25) is 9.48 Å². The Morgan fingerprint density at radius 2 is 1.64 bits per heavy atom. The van der Waals surface area contributed by atoms with Gasteiger partial charge in [0.15, 0.2) is 0 Å². The number of benzene rings is 3. The van der Waals surface area contributed by atoms with Gasteiger partial charge in [0.05, 0.1) is 32.4 Å². The van der Waals surface area contributed by atoms with Crippen molar-refractivity contribution < 1.29 is 14.3 Å². The minimum absolute atomic E-state index is 0.0244. The lowest BCUT2D eigenvalue weighted by Gasteiger charge is -2.25. The van der Waals surface area contributed by atoms with E-state index in [1.165, 1.54) is 0 Å². The van der Waals surface area contributed by atoms with Gasteiger partial charge in [0, 0.05) is 18.3 Å². The van der Waals surface area contributed by atoms with Crippen LogP contribution in [0.25, 0.3) is 11.3 Å². The first-order valence-electron chi connectivity index (χ1n) is 11.8. The topological polar surface area (TPSA) is 68.6 Å². The fraction of sp³-hybridized carbons (Fsp3) is 0.241. The molecule has 1 atom stereocenters. The maximum Gasteiger partial charge on any atom is 0.255 e. The van der Waals surface area contributed by atoms with Gasteiger partial charge in [-0.05, 0) is 49.5 Å². The first-order chi connectivity index (χ1) is 17.5. The Labute approximate surface area is 212 Å². The molecule has 0 saturated heterocycles. The number of nitrogens with one attached hydrogen (secondary N) is 1. The predicted octanol–water partition coefficient (Wildman–Crippen LogP) is 4.65. The molecule has 0 aliphatic rings. The van der Waals surface area contributed by atoms with Crippen LogP contribution >= 0.6 is 0 Å². The average Bonchev–Trinajstić information content (AvgIpc) is 3.33. The number of nitrogens with zero attached hydrogens (tertiary/aromatic N) is 3. The maximum absolute atomic E-state index is 13.5. The normalized spacial score (nSPS) is 11.8. The third kappa shape index (κ3) is 5.93. The van der Waals surface area contributed by atoms with Gasteiger partial charge in [-0.2, -0.15) is 5.10 Å². The van der Waals surface area contributed by atoms with E-state index in [2.05, 4.69) is 10.2 Å². The molecule has 0 radical (unpaired) electrons. The molecule has 1 amide bonds. The molecule has 3 aromatic carbocycles. The molecule has 0 unspecified atom stereocenters. The summed E-state index contributed by atoms with van der Waals surface area (Å²) in [5, 5.41) is 7.91. The van der Waals surface area contributed by atoms with Gasteiger partial charge >= 0.3 is 0 Å². The van der Waals surface area contributed by atoms with E-state index in [-0.39, 0.29) is 11.9 Å². The molecule has 36 heavy (non-hydrogen) atoms. The molecule has 4 aromatic rings. The first kappa shape index (κ1) is 25.0. The lowest BCUT2D eigenvalue weighted by molar-refractivity contribution is 0.0942. The van der Waals surface area contributed by atoms with Crippen LogP contribution in [-0.2, 0) is 6.54 Å². The lowest BCUT2D eigenvalue weighted by Crippen LogP contribution is -2.34. The zero-order valence-electron chi connectivity index (χ0n) is 21.1. The van der Waals surface area contributed by atoms with Crippen molar-refractivity contribution in [2.75, 3.05) is 34.9 Å². The van der Waals surface area contributed by atoms with E-state index in [1.54, 1.807) is 14.2 Å². The van der Waals surface area contributed by atoms with E-state index in [0.717, 1.165) is 22.4 Å². The number of hydrogen-bond donors (Lipinski definition) is 1. The van der Waals surface area contributed by atoms with Crippen LogP contribution in [0.1, 0.15) is 27.5 Å². The van der Waals surface area contributed by atoms with Crippen LogP contribution in [0.15, 0.2) is 85.1 Å². The molecule has 0 fully saturated rings. The van der Waals surface area contributed by atoms with Crippen LogP contribution in [0, 0.1) is 0 Å². The lowest BCUT2D eigenvalue weighted by atomic mass is 10.0. The SMILES string of the molecule is COc1cccc(-c2nn(Cc3ccccc3)cc2C(=O)NC[C@H](c2cccc(OC)c2)N(C)C)c1. The highest BCUT2D eigenvalue weighted by atomic mass is 16.5. The predicted molar refractivity (Wildman–Crippen MR) is 142 cm³/mol. The molecule has 0 bridgehead atoms. The largest absolute Gasteiger partial charge is 0.497 e. The van der Waals surface area contributed by atoms with Gasteiger partial charge in [0.1, 0.15) is 17.2 Å². The number of carbonyl (C=O) groups is 1. The minimum Gasteiger partial charge on any atom is -0.497 e. The zero-order valence-corrected chi connectivity index (χ0v) is 21.1. The fourth-order valence-corrected chi connectivity index (χ4v) is 4.15. The Kier molecular flexibility index (Phi) is 8.02. The molecule has 186 valence electrons. The summed E-state index contributed by atoms with van der Waals surface area (Å²) in [5.74, 6) is 1.32. The Morgan fingerprint density at radius 3 is 2.33 bits per heavy atom. The van der Waals surface area contributed by atoms with E-state index < -0.39 is 0 Å². The van der Waals surface area contributed by atoms with E-state index in [1.807, 2.05) is 104 Å². The molecule has 1 aromatic heterocycles. The molecular formula is C29H32N4O3. The molecule has 0 aliphatic carbocycles. The number of carbonyl (C=O) groups excluding carboxylic acids is 1. The number of aromatic nitrogens is 2. The Morgan fingerprint density at radius 1 is 0.944 bits per heavy atom. The van der Waals surface area contributed by atoms with E-state index in [0.29, 0.717) is 30.1 Å². The number of rotatable bonds is 10. The molecule has 0 aliphatic heterocycles. The minimum atomic E-state index is -0.179. The molecule has 0 saturated carbocycles.